The van der Waals surface area contributed by atoms with Crippen LogP contribution in [0.25, 0.3) is 0 Å². The standard InChI is InChI=1S/C15H23N5O.HI/c1-15(2)6-8-20(11-15)14(16-3)18-10-13(21)19-12-5-4-7-17-9-12;/h4-5,7,9H,6,8,10-11H2,1-3H3,(H,16,18)(H,19,21);1H. The number of guanidine groups is 1. The lowest BCUT2D eigenvalue weighted by atomic mass is 9.93. The minimum Gasteiger partial charge on any atom is -0.347 e. The molecule has 1 aliphatic heterocycles. The van der Waals surface area contributed by atoms with E-state index in [9.17, 15) is 4.79 Å². The minimum atomic E-state index is -0.109. The highest BCUT2D eigenvalue weighted by Crippen LogP contribution is 2.28. The lowest BCUT2D eigenvalue weighted by molar-refractivity contribution is -0.115. The second-order valence-electron chi connectivity index (χ2n) is 6.03. The van der Waals surface area contributed by atoms with Gasteiger partial charge in [-0.15, -0.1) is 24.0 Å². The van der Waals surface area contributed by atoms with Crippen molar-refractivity contribution < 1.29 is 4.79 Å². The second-order valence-corrected chi connectivity index (χ2v) is 6.03. The summed E-state index contributed by atoms with van der Waals surface area (Å²) in [6.07, 6.45) is 4.43. The van der Waals surface area contributed by atoms with Crippen LogP contribution in [-0.2, 0) is 4.79 Å². The van der Waals surface area contributed by atoms with Crippen molar-refractivity contribution in [3.8, 4) is 0 Å². The molecule has 22 heavy (non-hydrogen) atoms. The summed E-state index contributed by atoms with van der Waals surface area (Å²) in [5.74, 6) is 0.671. The fourth-order valence-corrected chi connectivity index (χ4v) is 2.43. The predicted octanol–water partition coefficient (Wildman–Crippen LogP) is 1.95. The highest BCUT2D eigenvalue weighted by Gasteiger charge is 2.30. The van der Waals surface area contributed by atoms with E-state index in [0.29, 0.717) is 11.1 Å². The Kier molecular flexibility index (Phi) is 7.05. The Hall–Kier alpha value is -1.38. The van der Waals surface area contributed by atoms with Gasteiger partial charge in [-0.1, -0.05) is 13.8 Å². The van der Waals surface area contributed by atoms with E-state index in [0.717, 1.165) is 25.5 Å². The van der Waals surface area contributed by atoms with Crippen LogP contribution in [-0.4, -0.2) is 48.4 Å². The smallest absolute Gasteiger partial charge is 0.243 e. The topological polar surface area (TPSA) is 69.6 Å². The van der Waals surface area contributed by atoms with Crippen LogP contribution in [0.15, 0.2) is 29.5 Å². The number of anilines is 1. The summed E-state index contributed by atoms with van der Waals surface area (Å²) in [5, 5.41) is 5.90. The van der Waals surface area contributed by atoms with Crippen molar-refractivity contribution in [1.29, 1.82) is 0 Å². The molecule has 0 saturated carbocycles. The number of aromatic nitrogens is 1. The van der Waals surface area contributed by atoms with Crippen molar-refractivity contribution in [1.82, 2.24) is 15.2 Å². The van der Waals surface area contributed by atoms with Gasteiger partial charge in [-0.3, -0.25) is 14.8 Å². The van der Waals surface area contributed by atoms with Crippen LogP contribution in [0, 0.1) is 5.41 Å². The molecule has 0 atom stereocenters. The number of hydrogen-bond acceptors (Lipinski definition) is 3. The van der Waals surface area contributed by atoms with Gasteiger partial charge in [0.25, 0.3) is 0 Å². The quantitative estimate of drug-likeness (QED) is 0.448. The molecule has 2 heterocycles. The van der Waals surface area contributed by atoms with Gasteiger partial charge in [-0.2, -0.15) is 0 Å². The Morgan fingerprint density at radius 2 is 2.27 bits per heavy atom. The Bertz CT molecular complexity index is 518. The molecule has 0 bridgehead atoms. The first kappa shape index (κ1) is 18.7. The van der Waals surface area contributed by atoms with Gasteiger partial charge >= 0.3 is 0 Å². The fraction of sp³-hybridized carbons (Fsp3) is 0.533. The number of rotatable bonds is 3. The number of nitrogens with one attached hydrogen (secondary N) is 2. The van der Waals surface area contributed by atoms with Gasteiger partial charge in [0.15, 0.2) is 5.96 Å². The molecule has 2 rings (SSSR count). The summed E-state index contributed by atoms with van der Waals surface area (Å²) < 4.78 is 0. The van der Waals surface area contributed by atoms with Crippen molar-refractivity contribution in [2.75, 3.05) is 32.0 Å². The maximum absolute atomic E-state index is 11.9. The summed E-state index contributed by atoms with van der Waals surface area (Å²) in [6.45, 7) is 6.61. The number of carbonyl (C=O) groups excluding carboxylic acids is 1. The van der Waals surface area contributed by atoms with Gasteiger partial charge in [0.05, 0.1) is 18.4 Å². The van der Waals surface area contributed by atoms with Crippen molar-refractivity contribution in [2.24, 2.45) is 10.4 Å². The summed E-state index contributed by atoms with van der Waals surface area (Å²) in [4.78, 5) is 22.3. The normalized spacial score (nSPS) is 16.9. The van der Waals surface area contributed by atoms with Crippen molar-refractivity contribution >= 4 is 41.5 Å². The van der Waals surface area contributed by atoms with Gasteiger partial charge in [-0.25, -0.2) is 0 Å². The van der Waals surface area contributed by atoms with Gasteiger partial charge in [-0.05, 0) is 24.0 Å². The maximum Gasteiger partial charge on any atom is 0.243 e. The van der Waals surface area contributed by atoms with Crippen LogP contribution in [0.5, 0.6) is 0 Å². The predicted molar refractivity (Wildman–Crippen MR) is 99.6 cm³/mol. The first-order valence-corrected chi connectivity index (χ1v) is 7.16. The summed E-state index contributed by atoms with van der Waals surface area (Å²) in [5.41, 5.74) is 0.997. The highest BCUT2D eigenvalue weighted by atomic mass is 127. The zero-order chi connectivity index (χ0) is 15.3. The number of likely N-dealkylation sites (tertiary alicyclic amines) is 1. The molecule has 0 unspecified atom stereocenters. The molecule has 1 aromatic rings. The highest BCUT2D eigenvalue weighted by molar-refractivity contribution is 14.0. The summed E-state index contributed by atoms with van der Waals surface area (Å²) in [7, 11) is 1.74. The lowest BCUT2D eigenvalue weighted by Crippen LogP contribution is -2.43. The molecule has 2 N–H and O–H groups in total. The Morgan fingerprint density at radius 3 is 2.82 bits per heavy atom. The number of pyridine rings is 1. The van der Waals surface area contributed by atoms with Crippen LogP contribution < -0.4 is 10.6 Å². The lowest BCUT2D eigenvalue weighted by Gasteiger charge is -2.23. The van der Waals surface area contributed by atoms with E-state index in [-0.39, 0.29) is 36.4 Å². The molecule has 1 aliphatic rings. The molecular formula is C15H24IN5O. The Labute approximate surface area is 148 Å². The van der Waals surface area contributed by atoms with Crippen LogP contribution in [0.1, 0.15) is 20.3 Å². The van der Waals surface area contributed by atoms with Crippen LogP contribution in [0.2, 0.25) is 0 Å². The van der Waals surface area contributed by atoms with Gasteiger partial charge < -0.3 is 15.5 Å². The summed E-state index contributed by atoms with van der Waals surface area (Å²) in [6, 6.07) is 3.59. The molecule has 0 aromatic carbocycles. The fourth-order valence-electron chi connectivity index (χ4n) is 2.43. The second kappa shape index (κ2) is 8.30. The SMILES string of the molecule is CN=C(NCC(=O)Nc1cccnc1)N1CCC(C)(C)C1.I. The van der Waals surface area contributed by atoms with Crippen LogP contribution in [0.4, 0.5) is 5.69 Å². The monoisotopic (exact) mass is 417 g/mol. The molecule has 1 amide bonds. The zero-order valence-electron chi connectivity index (χ0n) is 13.3. The molecule has 0 spiro atoms. The number of aliphatic imine (C=N–C) groups is 1. The van der Waals surface area contributed by atoms with E-state index in [1.54, 1.807) is 25.5 Å². The number of carbonyl (C=O) groups is 1. The third-order valence-corrected chi connectivity index (χ3v) is 3.54. The van der Waals surface area contributed by atoms with Crippen LogP contribution in [0.3, 0.4) is 0 Å². The number of halogens is 1. The van der Waals surface area contributed by atoms with Gasteiger partial charge in [0.2, 0.25) is 5.91 Å². The van der Waals surface area contributed by atoms with Crippen molar-refractivity contribution in [3.63, 3.8) is 0 Å². The van der Waals surface area contributed by atoms with E-state index >= 15 is 0 Å². The Balaban J connectivity index is 0.00000242. The molecule has 0 radical (unpaired) electrons. The van der Waals surface area contributed by atoms with E-state index in [1.165, 1.54) is 0 Å². The number of nitrogens with zero attached hydrogens (tertiary/aromatic N) is 3. The number of hydrogen-bond donors (Lipinski definition) is 2. The van der Waals surface area contributed by atoms with E-state index < -0.39 is 0 Å². The van der Waals surface area contributed by atoms with Gasteiger partial charge in [0.1, 0.15) is 0 Å². The maximum atomic E-state index is 11.9. The third-order valence-electron chi connectivity index (χ3n) is 3.54. The van der Waals surface area contributed by atoms with Crippen molar-refractivity contribution in [3.05, 3.63) is 24.5 Å². The molecule has 1 saturated heterocycles. The zero-order valence-corrected chi connectivity index (χ0v) is 15.6. The molecule has 7 heteroatoms. The van der Waals surface area contributed by atoms with Crippen molar-refractivity contribution in [2.45, 2.75) is 20.3 Å². The first-order chi connectivity index (χ1) is 10.00. The Morgan fingerprint density at radius 1 is 1.50 bits per heavy atom. The first-order valence-electron chi connectivity index (χ1n) is 7.16. The average molecular weight is 417 g/mol. The minimum absolute atomic E-state index is 0. The van der Waals surface area contributed by atoms with E-state index in [2.05, 4.69) is 39.4 Å². The molecule has 1 fully saturated rings. The third kappa shape index (κ3) is 5.43. The molecular weight excluding hydrogens is 393 g/mol. The molecule has 1 aromatic heterocycles. The molecule has 6 nitrogen and oxygen atoms in total. The largest absolute Gasteiger partial charge is 0.347 e. The van der Waals surface area contributed by atoms with E-state index in [4.69, 9.17) is 0 Å². The average Bonchev–Trinajstić information content (AvgIpc) is 2.81. The van der Waals surface area contributed by atoms with Crippen LogP contribution >= 0.6 is 24.0 Å². The number of amides is 1. The summed E-state index contributed by atoms with van der Waals surface area (Å²) >= 11 is 0. The molecule has 122 valence electrons. The van der Waals surface area contributed by atoms with Gasteiger partial charge in [0, 0.05) is 26.3 Å². The molecule has 0 aliphatic carbocycles. The van der Waals surface area contributed by atoms with E-state index in [1.807, 2.05) is 6.07 Å².